The van der Waals surface area contributed by atoms with Crippen LogP contribution in [0.3, 0.4) is 0 Å². The average Bonchev–Trinajstić information content (AvgIpc) is 2.86. The minimum Gasteiger partial charge on any atom is -0.480 e. The van der Waals surface area contributed by atoms with Crippen LogP contribution in [0.2, 0.25) is 0 Å². The molecule has 158 valence electrons. The van der Waals surface area contributed by atoms with Gasteiger partial charge in [-0.2, -0.15) is 0 Å². The SMILES string of the molecule is CCC(C)c1ccc(NC(=O)CN2CCCC(N(C)CC(=O)O)CC2)cc1.Cl. The molecule has 0 saturated carbocycles. The minimum atomic E-state index is -0.794. The van der Waals surface area contributed by atoms with E-state index in [1.807, 2.05) is 24.1 Å². The van der Waals surface area contributed by atoms with Gasteiger partial charge in [0.1, 0.15) is 0 Å². The summed E-state index contributed by atoms with van der Waals surface area (Å²) in [6, 6.07) is 8.37. The molecule has 7 heteroatoms. The van der Waals surface area contributed by atoms with Crippen LogP contribution >= 0.6 is 12.4 Å². The largest absolute Gasteiger partial charge is 0.480 e. The van der Waals surface area contributed by atoms with Crippen LogP contribution in [0.15, 0.2) is 24.3 Å². The number of rotatable bonds is 8. The Labute approximate surface area is 174 Å². The first-order valence-electron chi connectivity index (χ1n) is 9.93. The third kappa shape index (κ3) is 7.78. The first kappa shape index (κ1) is 24.4. The maximum absolute atomic E-state index is 12.4. The van der Waals surface area contributed by atoms with Crippen molar-refractivity contribution in [1.29, 1.82) is 0 Å². The van der Waals surface area contributed by atoms with Crippen molar-refractivity contribution in [3.05, 3.63) is 29.8 Å². The molecular weight excluding hydrogens is 378 g/mol. The van der Waals surface area contributed by atoms with E-state index in [1.54, 1.807) is 0 Å². The molecule has 6 nitrogen and oxygen atoms in total. The summed E-state index contributed by atoms with van der Waals surface area (Å²) < 4.78 is 0. The number of benzene rings is 1. The second-order valence-electron chi connectivity index (χ2n) is 7.65. The van der Waals surface area contributed by atoms with E-state index in [0.717, 1.165) is 44.5 Å². The van der Waals surface area contributed by atoms with Crippen LogP contribution in [0.4, 0.5) is 5.69 Å². The van der Waals surface area contributed by atoms with Gasteiger partial charge in [-0.15, -0.1) is 12.4 Å². The summed E-state index contributed by atoms with van der Waals surface area (Å²) in [5.74, 6) is -0.264. The number of likely N-dealkylation sites (N-methyl/N-ethyl adjacent to an activating group) is 1. The molecule has 2 rings (SSSR count). The Morgan fingerprint density at radius 2 is 1.93 bits per heavy atom. The van der Waals surface area contributed by atoms with Crippen molar-refractivity contribution in [1.82, 2.24) is 9.80 Å². The summed E-state index contributed by atoms with van der Waals surface area (Å²) >= 11 is 0. The highest BCUT2D eigenvalue weighted by molar-refractivity contribution is 5.92. The summed E-state index contributed by atoms with van der Waals surface area (Å²) in [6.07, 6.45) is 3.94. The number of carbonyl (C=O) groups is 2. The molecule has 1 amide bonds. The molecule has 0 aliphatic carbocycles. The number of hydrogen-bond acceptors (Lipinski definition) is 4. The van der Waals surface area contributed by atoms with E-state index in [0.29, 0.717) is 12.5 Å². The van der Waals surface area contributed by atoms with E-state index in [1.165, 1.54) is 5.56 Å². The summed E-state index contributed by atoms with van der Waals surface area (Å²) in [7, 11) is 1.87. The quantitative estimate of drug-likeness (QED) is 0.685. The molecule has 1 fully saturated rings. The third-order valence-corrected chi connectivity index (χ3v) is 5.54. The second-order valence-corrected chi connectivity index (χ2v) is 7.65. The van der Waals surface area contributed by atoms with Crippen LogP contribution < -0.4 is 5.32 Å². The first-order chi connectivity index (χ1) is 12.9. The Kier molecular flexibility index (Phi) is 10.5. The van der Waals surface area contributed by atoms with E-state index < -0.39 is 5.97 Å². The number of halogens is 1. The molecule has 2 atom stereocenters. The number of carboxylic acids is 1. The number of aliphatic carboxylic acids is 1. The Bertz CT molecular complexity index is 624. The topological polar surface area (TPSA) is 72.9 Å². The van der Waals surface area contributed by atoms with E-state index >= 15 is 0 Å². The maximum Gasteiger partial charge on any atom is 0.317 e. The number of anilines is 1. The molecule has 0 aromatic heterocycles. The molecule has 1 aliphatic rings. The monoisotopic (exact) mass is 411 g/mol. The van der Waals surface area contributed by atoms with Crippen LogP contribution in [-0.2, 0) is 9.59 Å². The average molecular weight is 412 g/mol. The highest BCUT2D eigenvalue weighted by atomic mass is 35.5. The Hall–Kier alpha value is -1.63. The van der Waals surface area contributed by atoms with Crippen molar-refractivity contribution in [2.45, 2.75) is 51.5 Å². The number of carbonyl (C=O) groups excluding carboxylic acids is 1. The Morgan fingerprint density at radius 3 is 2.54 bits per heavy atom. The van der Waals surface area contributed by atoms with Crippen LogP contribution in [0.5, 0.6) is 0 Å². The standard InChI is InChI=1S/C21H33N3O3.ClH/c1-4-16(2)17-7-9-18(10-8-17)22-20(25)14-24-12-5-6-19(11-13-24)23(3)15-21(26)27;/h7-10,16,19H,4-6,11-15H2,1-3H3,(H,22,25)(H,26,27);1H. The van der Waals surface area contributed by atoms with Gasteiger partial charge >= 0.3 is 5.97 Å². The van der Waals surface area contributed by atoms with Gasteiger partial charge in [-0.05, 0) is 62.9 Å². The van der Waals surface area contributed by atoms with Crippen LogP contribution in [0, 0.1) is 0 Å². The van der Waals surface area contributed by atoms with Crippen LogP contribution in [-0.4, -0.2) is 66.1 Å². The summed E-state index contributed by atoms with van der Waals surface area (Å²) in [5, 5.41) is 11.9. The normalized spacial score (nSPS) is 18.8. The van der Waals surface area contributed by atoms with Gasteiger partial charge in [0, 0.05) is 18.3 Å². The molecule has 1 aromatic rings. The van der Waals surface area contributed by atoms with E-state index in [2.05, 4.69) is 36.2 Å². The van der Waals surface area contributed by atoms with Gasteiger partial charge in [0.15, 0.2) is 0 Å². The molecule has 1 aliphatic heterocycles. The highest BCUT2D eigenvalue weighted by Gasteiger charge is 2.22. The summed E-state index contributed by atoms with van der Waals surface area (Å²) in [4.78, 5) is 27.4. The lowest BCUT2D eigenvalue weighted by Crippen LogP contribution is -2.37. The van der Waals surface area contributed by atoms with Crippen molar-refractivity contribution in [3.8, 4) is 0 Å². The fraction of sp³-hybridized carbons (Fsp3) is 0.619. The summed E-state index contributed by atoms with van der Waals surface area (Å²) in [5.41, 5.74) is 2.13. The first-order valence-corrected chi connectivity index (χ1v) is 9.93. The molecule has 1 heterocycles. The lowest BCUT2D eigenvalue weighted by atomic mass is 9.99. The molecule has 2 unspecified atom stereocenters. The highest BCUT2D eigenvalue weighted by Crippen LogP contribution is 2.20. The maximum atomic E-state index is 12.4. The lowest BCUT2D eigenvalue weighted by molar-refractivity contribution is -0.138. The number of nitrogens with zero attached hydrogens (tertiary/aromatic N) is 2. The second kappa shape index (κ2) is 12.0. The molecule has 1 saturated heterocycles. The van der Waals surface area contributed by atoms with Gasteiger partial charge in [-0.25, -0.2) is 0 Å². The lowest BCUT2D eigenvalue weighted by Gasteiger charge is -2.25. The summed E-state index contributed by atoms with van der Waals surface area (Å²) in [6.45, 7) is 6.51. The predicted molar refractivity (Wildman–Crippen MR) is 115 cm³/mol. The van der Waals surface area contributed by atoms with Crippen molar-refractivity contribution in [3.63, 3.8) is 0 Å². The molecule has 1 aromatic carbocycles. The molecule has 0 bridgehead atoms. The van der Waals surface area contributed by atoms with Crippen LogP contribution in [0.25, 0.3) is 0 Å². The number of likely N-dealkylation sites (tertiary alicyclic amines) is 1. The van der Waals surface area contributed by atoms with Gasteiger partial charge in [-0.1, -0.05) is 26.0 Å². The molecule has 0 spiro atoms. The van der Waals surface area contributed by atoms with Gasteiger partial charge < -0.3 is 10.4 Å². The van der Waals surface area contributed by atoms with Gasteiger partial charge in [-0.3, -0.25) is 19.4 Å². The Morgan fingerprint density at radius 1 is 1.25 bits per heavy atom. The van der Waals surface area contributed by atoms with Crippen molar-refractivity contribution >= 4 is 30.0 Å². The van der Waals surface area contributed by atoms with Gasteiger partial charge in [0.2, 0.25) is 5.91 Å². The fourth-order valence-electron chi connectivity index (χ4n) is 3.61. The molecule has 0 radical (unpaired) electrons. The van der Waals surface area contributed by atoms with Crippen LogP contribution in [0.1, 0.15) is 51.0 Å². The zero-order chi connectivity index (χ0) is 19.8. The molecular formula is C21H34ClN3O3. The Balaban J connectivity index is 0.00000392. The number of nitrogens with one attached hydrogen (secondary N) is 1. The van der Waals surface area contributed by atoms with Crippen molar-refractivity contribution in [2.75, 3.05) is 38.5 Å². The number of amides is 1. The molecule has 28 heavy (non-hydrogen) atoms. The minimum absolute atomic E-state index is 0. The zero-order valence-corrected chi connectivity index (χ0v) is 18.0. The van der Waals surface area contributed by atoms with Crippen molar-refractivity contribution < 1.29 is 14.7 Å². The zero-order valence-electron chi connectivity index (χ0n) is 17.2. The third-order valence-electron chi connectivity index (χ3n) is 5.54. The van der Waals surface area contributed by atoms with E-state index in [-0.39, 0.29) is 30.9 Å². The predicted octanol–water partition coefficient (Wildman–Crippen LogP) is 3.43. The number of carboxylic acid groups (broad SMARTS) is 1. The van der Waals surface area contributed by atoms with E-state index in [4.69, 9.17) is 5.11 Å². The van der Waals surface area contributed by atoms with Crippen molar-refractivity contribution in [2.24, 2.45) is 0 Å². The van der Waals surface area contributed by atoms with Gasteiger partial charge in [0.25, 0.3) is 0 Å². The smallest absolute Gasteiger partial charge is 0.317 e. The van der Waals surface area contributed by atoms with Gasteiger partial charge in [0.05, 0.1) is 13.1 Å². The fourth-order valence-corrected chi connectivity index (χ4v) is 3.61. The number of hydrogen-bond donors (Lipinski definition) is 2. The molecule has 2 N–H and O–H groups in total. The van der Waals surface area contributed by atoms with E-state index in [9.17, 15) is 9.59 Å².